The number of fused-ring (bicyclic) bond motifs is 1. The fourth-order valence-electron chi connectivity index (χ4n) is 1.70. The molecule has 1 aromatic carbocycles. The molecule has 1 heterocycles. The molecule has 2 rings (SSSR count). The molecule has 0 bridgehead atoms. The number of hydrogen-bond acceptors (Lipinski definition) is 2. The highest BCUT2D eigenvalue weighted by molar-refractivity contribution is 5.59. The van der Waals surface area contributed by atoms with E-state index in [-0.39, 0.29) is 5.82 Å². The van der Waals surface area contributed by atoms with E-state index in [1.165, 1.54) is 13.2 Å². The van der Waals surface area contributed by atoms with Crippen LogP contribution < -0.4 is 10.1 Å². The van der Waals surface area contributed by atoms with Gasteiger partial charge in [-0.05, 0) is 25.0 Å². The zero-order valence-electron chi connectivity index (χ0n) is 9.73. The van der Waals surface area contributed by atoms with Crippen LogP contribution in [0.2, 0.25) is 0 Å². The summed E-state index contributed by atoms with van der Waals surface area (Å²) in [5, 5.41) is 3.19. The Labute approximate surface area is 90.4 Å². The van der Waals surface area contributed by atoms with E-state index in [1.54, 1.807) is 6.07 Å². The summed E-state index contributed by atoms with van der Waals surface area (Å²) in [6.07, 6.45) is 0.936. The summed E-state index contributed by atoms with van der Waals surface area (Å²) in [4.78, 5) is 0. The van der Waals surface area contributed by atoms with E-state index in [0.717, 1.165) is 17.7 Å². The molecule has 1 aliphatic heterocycles. The van der Waals surface area contributed by atoms with Crippen LogP contribution in [0.15, 0.2) is 12.1 Å². The molecule has 0 fully saturated rings. The van der Waals surface area contributed by atoms with Crippen molar-refractivity contribution in [1.29, 1.82) is 0 Å². The molecular weight excluding hydrogens is 193 g/mol. The number of nitrogens with one attached hydrogen (secondary N) is 1. The third kappa shape index (κ3) is 2.41. The van der Waals surface area contributed by atoms with Crippen molar-refractivity contribution in [3.8, 4) is 5.75 Å². The maximum atomic E-state index is 13.2. The van der Waals surface area contributed by atoms with Gasteiger partial charge in [0.25, 0.3) is 0 Å². The number of halogens is 1. The molecule has 0 spiro atoms. The Balaban J connectivity index is 0.000000531. The van der Waals surface area contributed by atoms with Crippen molar-refractivity contribution in [2.75, 3.05) is 12.4 Å². The first-order chi connectivity index (χ1) is 7.20. The second kappa shape index (κ2) is 5.01. The lowest BCUT2D eigenvalue weighted by Gasteiger charge is -2.05. The first-order valence-corrected chi connectivity index (χ1v) is 5.33. The van der Waals surface area contributed by atoms with E-state index >= 15 is 0 Å². The molecule has 0 amide bonds. The Morgan fingerprint density at radius 1 is 1.40 bits per heavy atom. The molecule has 0 aliphatic carbocycles. The SMILES string of the molecule is CC.COc1cc2c(cc1F)NC(C)C2. The Kier molecular flexibility index (Phi) is 3.95. The molecule has 0 saturated heterocycles. The molecule has 1 unspecified atom stereocenters. The molecule has 1 aromatic rings. The van der Waals surface area contributed by atoms with Gasteiger partial charge >= 0.3 is 0 Å². The summed E-state index contributed by atoms with van der Waals surface area (Å²) >= 11 is 0. The number of hydrogen-bond donors (Lipinski definition) is 1. The van der Waals surface area contributed by atoms with Gasteiger partial charge < -0.3 is 10.1 Å². The largest absolute Gasteiger partial charge is 0.494 e. The van der Waals surface area contributed by atoms with Gasteiger partial charge in [-0.1, -0.05) is 13.8 Å². The molecule has 84 valence electrons. The fourth-order valence-corrected chi connectivity index (χ4v) is 1.70. The van der Waals surface area contributed by atoms with Crippen LogP contribution in [0.4, 0.5) is 10.1 Å². The zero-order valence-corrected chi connectivity index (χ0v) is 9.73. The molecule has 15 heavy (non-hydrogen) atoms. The van der Waals surface area contributed by atoms with Crippen molar-refractivity contribution < 1.29 is 9.13 Å². The minimum atomic E-state index is -0.303. The normalized spacial score (nSPS) is 17.3. The molecule has 1 atom stereocenters. The summed E-state index contributed by atoms with van der Waals surface area (Å²) in [5.74, 6) is 0.0255. The van der Waals surface area contributed by atoms with E-state index in [2.05, 4.69) is 12.2 Å². The van der Waals surface area contributed by atoms with Gasteiger partial charge in [0.2, 0.25) is 0 Å². The second-order valence-corrected chi connectivity index (χ2v) is 3.39. The maximum Gasteiger partial charge on any atom is 0.167 e. The molecule has 0 aromatic heterocycles. The van der Waals surface area contributed by atoms with E-state index < -0.39 is 0 Å². The lowest BCUT2D eigenvalue weighted by molar-refractivity contribution is 0.386. The smallest absolute Gasteiger partial charge is 0.167 e. The number of ether oxygens (including phenoxy) is 1. The third-order valence-corrected chi connectivity index (χ3v) is 2.31. The van der Waals surface area contributed by atoms with Gasteiger partial charge in [0.15, 0.2) is 11.6 Å². The number of anilines is 1. The van der Waals surface area contributed by atoms with Crippen LogP contribution >= 0.6 is 0 Å². The summed E-state index contributed by atoms with van der Waals surface area (Å²) in [7, 11) is 1.48. The Morgan fingerprint density at radius 2 is 2.07 bits per heavy atom. The lowest BCUT2D eigenvalue weighted by atomic mass is 10.1. The van der Waals surface area contributed by atoms with Crippen molar-refractivity contribution in [3.63, 3.8) is 0 Å². The number of benzene rings is 1. The Hall–Kier alpha value is -1.25. The van der Waals surface area contributed by atoms with E-state index in [0.29, 0.717) is 11.8 Å². The summed E-state index contributed by atoms with van der Waals surface area (Å²) < 4.78 is 18.1. The first kappa shape index (κ1) is 11.8. The van der Waals surface area contributed by atoms with Crippen LogP contribution in [-0.2, 0) is 6.42 Å². The number of rotatable bonds is 1. The highest BCUT2D eigenvalue weighted by atomic mass is 19.1. The molecule has 1 aliphatic rings. The van der Waals surface area contributed by atoms with Crippen LogP contribution in [0.25, 0.3) is 0 Å². The van der Waals surface area contributed by atoms with Crippen molar-refractivity contribution in [1.82, 2.24) is 0 Å². The van der Waals surface area contributed by atoms with Crippen molar-refractivity contribution in [2.45, 2.75) is 33.2 Å². The fraction of sp³-hybridized carbons (Fsp3) is 0.500. The van der Waals surface area contributed by atoms with Crippen LogP contribution in [0.1, 0.15) is 26.3 Å². The summed E-state index contributed by atoms with van der Waals surface area (Å²) in [5.41, 5.74) is 2.02. The zero-order chi connectivity index (χ0) is 11.4. The highest BCUT2D eigenvalue weighted by Gasteiger charge is 2.19. The second-order valence-electron chi connectivity index (χ2n) is 3.39. The quantitative estimate of drug-likeness (QED) is 0.770. The van der Waals surface area contributed by atoms with Crippen molar-refractivity contribution in [2.24, 2.45) is 0 Å². The number of methoxy groups -OCH3 is 1. The highest BCUT2D eigenvalue weighted by Crippen LogP contribution is 2.31. The van der Waals surface area contributed by atoms with Crippen LogP contribution in [0.3, 0.4) is 0 Å². The Bertz CT molecular complexity index is 339. The Morgan fingerprint density at radius 3 is 2.67 bits per heavy atom. The van der Waals surface area contributed by atoms with Crippen molar-refractivity contribution in [3.05, 3.63) is 23.5 Å². The van der Waals surface area contributed by atoms with Crippen LogP contribution in [0, 0.1) is 5.82 Å². The monoisotopic (exact) mass is 211 g/mol. The molecule has 2 nitrogen and oxygen atoms in total. The molecule has 0 saturated carbocycles. The van der Waals surface area contributed by atoms with Gasteiger partial charge in [-0.25, -0.2) is 4.39 Å². The van der Waals surface area contributed by atoms with Gasteiger partial charge in [0.1, 0.15) is 0 Å². The molecule has 3 heteroatoms. The van der Waals surface area contributed by atoms with Crippen molar-refractivity contribution >= 4 is 5.69 Å². The third-order valence-electron chi connectivity index (χ3n) is 2.31. The average molecular weight is 211 g/mol. The first-order valence-electron chi connectivity index (χ1n) is 5.33. The standard InChI is InChI=1S/C10H12FNO.C2H6/c1-6-3-7-4-10(13-2)8(11)5-9(7)12-6;1-2/h4-6,12H,3H2,1-2H3;1-2H3. The predicted molar refractivity (Wildman–Crippen MR) is 61.1 cm³/mol. The average Bonchev–Trinajstić information content (AvgIpc) is 2.59. The minimum Gasteiger partial charge on any atom is -0.494 e. The minimum absolute atomic E-state index is 0.303. The van der Waals surface area contributed by atoms with Gasteiger partial charge in [-0.2, -0.15) is 0 Å². The molecular formula is C12H18FNO. The summed E-state index contributed by atoms with van der Waals surface area (Å²) in [6.45, 7) is 6.07. The van der Waals surface area contributed by atoms with Gasteiger partial charge in [-0.15, -0.1) is 0 Å². The summed E-state index contributed by atoms with van der Waals surface area (Å²) in [6, 6.07) is 3.65. The molecule has 1 N–H and O–H groups in total. The van der Waals surface area contributed by atoms with Crippen LogP contribution in [0.5, 0.6) is 5.75 Å². The maximum absolute atomic E-state index is 13.2. The predicted octanol–water partition coefficient (Wildman–Crippen LogP) is 3.22. The van der Waals surface area contributed by atoms with Gasteiger partial charge in [-0.3, -0.25) is 0 Å². The topological polar surface area (TPSA) is 21.3 Å². The van der Waals surface area contributed by atoms with Gasteiger partial charge in [0, 0.05) is 17.8 Å². The van der Waals surface area contributed by atoms with Crippen LogP contribution in [-0.4, -0.2) is 13.2 Å². The van der Waals surface area contributed by atoms with E-state index in [1.807, 2.05) is 13.8 Å². The molecule has 0 radical (unpaired) electrons. The lowest BCUT2D eigenvalue weighted by Crippen LogP contribution is -2.08. The van der Waals surface area contributed by atoms with E-state index in [4.69, 9.17) is 4.74 Å². The van der Waals surface area contributed by atoms with E-state index in [9.17, 15) is 4.39 Å². The van der Waals surface area contributed by atoms with Gasteiger partial charge in [0.05, 0.1) is 7.11 Å².